The van der Waals surface area contributed by atoms with E-state index in [-0.39, 0.29) is 28.9 Å². The van der Waals surface area contributed by atoms with Gasteiger partial charge in [-0.25, -0.2) is 8.42 Å². The topological polar surface area (TPSA) is 70.2 Å². The van der Waals surface area contributed by atoms with Crippen LogP contribution in [0.2, 0.25) is 5.02 Å². The second kappa shape index (κ2) is 13.1. The highest BCUT2D eigenvalue weighted by Gasteiger charge is 2.30. The molecule has 1 amide bonds. The Morgan fingerprint density at radius 1 is 0.974 bits per heavy atom. The molecule has 0 atom stereocenters. The quantitative estimate of drug-likeness (QED) is 0.372. The van der Waals surface area contributed by atoms with Crippen LogP contribution < -0.4 is 4.74 Å². The summed E-state index contributed by atoms with van der Waals surface area (Å²) in [6.45, 7) is 3.16. The number of ether oxygens (including phenoxy) is 1. The Morgan fingerprint density at radius 3 is 2.26 bits per heavy atom. The van der Waals surface area contributed by atoms with E-state index >= 15 is 0 Å². The number of methoxy groups -OCH3 is 1. The van der Waals surface area contributed by atoms with Crippen molar-refractivity contribution in [3.63, 3.8) is 0 Å². The van der Waals surface area contributed by atoms with Gasteiger partial charge in [0, 0.05) is 39.3 Å². The molecule has 0 spiro atoms. The van der Waals surface area contributed by atoms with Crippen molar-refractivity contribution in [2.24, 2.45) is 0 Å². The van der Waals surface area contributed by atoms with Crippen LogP contribution in [0.4, 0.5) is 0 Å². The Morgan fingerprint density at radius 2 is 1.63 bits per heavy atom. The van der Waals surface area contributed by atoms with Crippen LogP contribution >= 0.6 is 11.6 Å². The number of hydrogen-bond acceptors (Lipinski definition) is 5. The molecule has 1 aliphatic rings. The summed E-state index contributed by atoms with van der Waals surface area (Å²) < 4.78 is 33.6. The average Bonchev–Trinajstić information content (AvgIpc) is 2.94. The molecule has 3 aromatic rings. The maximum Gasteiger partial charge on any atom is 0.243 e. The monoisotopic (exact) mass is 553 g/mol. The second-order valence-electron chi connectivity index (χ2n) is 9.05. The van der Waals surface area contributed by atoms with Gasteiger partial charge < -0.3 is 9.64 Å². The molecule has 0 aliphatic carbocycles. The van der Waals surface area contributed by atoms with Gasteiger partial charge in [0.25, 0.3) is 0 Å². The number of piperazine rings is 1. The number of benzene rings is 3. The number of amides is 1. The minimum Gasteiger partial charge on any atom is -0.495 e. The molecule has 1 heterocycles. The van der Waals surface area contributed by atoms with Gasteiger partial charge in [0.15, 0.2) is 0 Å². The van der Waals surface area contributed by atoms with Gasteiger partial charge in [0.1, 0.15) is 5.75 Å². The summed E-state index contributed by atoms with van der Waals surface area (Å²) in [6.07, 6.45) is 4.22. The van der Waals surface area contributed by atoms with Crippen molar-refractivity contribution >= 4 is 33.6 Å². The highest BCUT2D eigenvalue weighted by molar-refractivity contribution is 7.89. The lowest BCUT2D eigenvalue weighted by Gasteiger charge is -2.35. The van der Waals surface area contributed by atoms with E-state index in [2.05, 4.69) is 29.2 Å². The summed E-state index contributed by atoms with van der Waals surface area (Å²) in [6, 6.07) is 23.7. The predicted molar refractivity (Wildman–Crippen MR) is 151 cm³/mol. The lowest BCUT2D eigenvalue weighted by Crippen LogP contribution is -2.51. The van der Waals surface area contributed by atoms with Gasteiger partial charge >= 0.3 is 0 Å². The van der Waals surface area contributed by atoms with Crippen molar-refractivity contribution in [3.8, 4) is 5.75 Å². The molecule has 0 aromatic heterocycles. The first-order chi connectivity index (χ1) is 18.4. The Hall–Kier alpha value is -3.17. The highest BCUT2D eigenvalue weighted by Crippen LogP contribution is 2.29. The molecule has 0 radical (unpaired) electrons. The Kier molecular flexibility index (Phi) is 9.58. The largest absolute Gasteiger partial charge is 0.495 e. The van der Waals surface area contributed by atoms with Crippen LogP contribution in [0.25, 0.3) is 6.08 Å². The van der Waals surface area contributed by atoms with Crippen molar-refractivity contribution in [1.29, 1.82) is 0 Å². The van der Waals surface area contributed by atoms with E-state index in [4.69, 9.17) is 16.3 Å². The molecule has 7 nitrogen and oxygen atoms in total. The van der Waals surface area contributed by atoms with Gasteiger partial charge in [0.2, 0.25) is 15.9 Å². The first-order valence-electron chi connectivity index (χ1n) is 12.5. The summed E-state index contributed by atoms with van der Waals surface area (Å²) in [5, 5.41) is 0.192. The van der Waals surface area contributed by atoms with E-state index in [1.165, 1.54) is 29.6 Å². The molecule has 1 aliphatic heterocycles. The van der Waals surface area contributed by atoms with Gasteiger partial charge in [-0.3, -0.25) is 9.69 Å². The fourth-order valence-electron chi connectivity index (χ4n) is 4.30. The number of halogens is 1. The first kappa shape index (κ1) is 27.9. The molecule has 0 unspecified atom stereocenters. The lowest BCUT2D eigenvalue weighted by atomic mass is 10.2. The van der Waals surface area contributed by atoms with Gasteiger partial charge in [-0.15, -0.1) is 0 Å². The standard InChI is InChI=1S/C29H32ClN3O4S/c1-37-28-15-14-26(21-27(28)30)38(35,36)33(22-25-11-6-3-7-12-25)23-29(34)32-19-17-31(18-20-32)16-8-13-24-9-4-2-5-10-24/h2-15,21H,16-20,22-23H2,1H3/b13-8+. The van der Waals surface area contributed by atoms with Crippen molar-refractivity contribution < 1.29 is 17.9 Å². The molecule has 38 heavy (non-hydrogen) atoms. The second-order valence-corrected chi connectivity index (χ2v) is 11.4. The molecule has 0 bridgehead atoms. The SMILES string of the molecule is COc1ccc(S(=O)(=O)N(CC(=O)N2CCN(C/C=C/c3ccccc3)CC2)Cc2ccccc2)cc1Cl. The molecular weight excluding hydrogens is 522 g/mol. The normalized spacial score (nSPS) is 14.8. The van der Waals surface area contributed by atoms with E-state index in [1.54, 1.807) is 4.90 Å². The number of carbonyl (C=O) groups is 1. The molecule has 0 saturated carbocycles. The minimum absolute atomic E-state index is 0.0158. The predicted octanol–water partition coefficient (Wildman–Crippen LogP) is 4.40. The zero-order valence-corrected chi connectivity index (χ0v) is 22.9. The van der Waals surface area contributed by atoms with Crippen LogP contribution in [0.15, 0.2) is 89.8 Å². The number of sulfonamides is 1. The number of rotatable bonds is 10. The lowest BCUT2D eigenvalue weighted by molar-refractivity contribution is -0.133. The molecule has 1 fully saturated rings. The fraction of sp³-hybridized carbons (Fsp3) is 0.276. The molecule has 4 rings (SSSR count). The van der Waals surface area contributed by atoms with E-state index in [9.17, 15) is 13.2 Å². The third-order valence-corrected chi connectivity index (χ3v) is 8.56. The Labute approximate surface area is 229 Å². The van der Waals surface area contributed by atoms with Crippen LogP contribution in [0.1, 0.15) is 11.1 Å². The summed E-state index contributed by atoms with van der Waals surface area (Å²) in [5.41, 5.74) is 1.94. The molecule has 1 saturated heterocycles. The number of carbonyl (C=O) groups excluding carboxylic acids is 1. The Bertz CT molecular complexity index is 1340. The van der Waals surface area contributed by atoms with Crippen molar-refractivity contribution in [2.75, 3.05) is 46.4 Å². The van der Waals surface area contributed by atoms with Gasteiger partial charge in [-0.2, -0.15) is 4.31 Å². The Balaban J connectivity index is 1.42. The molecular formula is C29H32ClN3O4S. The van der Waals surface area contributed by atoms with Crippen LogP contribution in [0.3, 0.4) is 0 Å². The van der Waals surface area contributed by atoms with E-state index < -0.39 is 10.0 Å². The smallest absolute Gasteiger partial charge is 0.243 e. The third kappa shape index (κ3) is 7.23. The number of nitrogens with zero attached hydrogens (tertiary/aromatic N) is 3. The molecule has 3 aromatic carbocycles. The first-order valence-corrected chi connectivity index (χ1v) is 14.3. The highest BCUT2D eigenvalue weighted by atomic mass is 35.5. The van der Waals surface area contributed by atoms with Gasteiger partial charge in [-0.05, 0) is 29.3 Å². The zero-order chi connectivity index (χ0) is 27.0. The van der Waals surface area contributed by atoms with E-state index in [1.807, 2.05) is 48.5 Å². The maximum absolute atomic E-state index is 13.6. The molecule has 0 N–H and O–H groups in total. The van der Waals surface area contributed by atoms with Gasteiger partial charge in [-0.1, -0.05) is 84.4 Å². The fourth-order valence-corrected chi connectivity index (χ4v) is 6.03. The number of hydrogen-bond donors (Lipinski definition) is 0. The minimum atomic E-state index is -4.00. The van der Waals surface area contributed by atoms with Crippen molar-refractivity contribution in [2.45, 2.75) is 11.4 Å². The summed E-state index contributed by atoms with van der Waals surface area (Å²) in [4.78, 5) is 17.3. The van der Waals surface area contributed by atoms with E-state index in [0.29, 0.717) is 18.8 Å². The van der Waals surface area contributed by atoms with Gasteiger partial charge in [0.05, 0.1) is 23.6 Å². The summed E-state index contributed by atoms with van der Waals surface area (Å²) in [7, 11) is -2.54. The maximum atomic E-state index is 13.6. The van der Waals surface area contributed by atoms with Crippen molar-refractivity contribution in [1.82, 2.24) is 14.1 Å². The van der Waals surface area contributed by atoms with Crippen LogP contribution in [0.5, 0.6) is 5.75 Å². The summed E-state index contributed by atoms with van der Waals surface area (Å²) in [5.74, 6) is 0.163. The van der Waals surface area contributed by atoms with E-state index in [0.717, 1.165) is 30.8 Å². The third-order valence-electron chi connectivity index (χ3n) is 6.47. The van der Waals surface area contributed by atoms with Crippen LogP contribution in [0, 0.1) is 0 Å². The average molecular weight is 554 g/mol. The van der Waals surface area contributed by atoms with Crippen molar-refractivity contribution in [3.05, 3.63) is 101 Å². The van der Waals surface area contributed by atoms with Crippen LogP contribution in [-0.4, -0.2) is 74.8 Å². The summed E-state index contributed by atoms with van der Waals surface area (Å²) >= 11 is 6.22. The molecule has 9 heteroatoms. The zero-order valence-electron chi connectivity index (χ0n) is 21.4. The van der Waals surface area contributed by atoms with Crippen LogP contribution in [-0.2, 0) is 21.4 Å². The molecule has 200 valence electrons.